The highest BCUT2D eigenvalue weighted by atomic mass is 35.5. The Morgan fingerprint density at radius 2 is 1.90 bits per heavy atom. The van der Waals surface area contributed by atoms with E-state index in [4.69, 9.17) is 11.6 Å². The van der Waals surface area contributed by atoms with E-state index in [1.54, 1.807) is 0 Å². The second-order valence-corrected chi connectivity index (χ2v) is 6.93. The normalized spacial score (nSPS) is 28.5. The highest BCUT2D eigenvalue weighted by Crippen LogP contribution is 2.29. The number of hydrogen-bond donors (Lipinski definition) is 1. The van der Waals surface area contributed by atoms with Gasteiger partial charge in [-0.15, -0.1) is 0 Å². The number of aliphatic hydroxyl groups excluding tert-OH is 1. The van der Waals surface area contributed by atoms with E-state index in [0.29, 0.717) is 6.04 Å². The molecule has 3 nitrogen and oxygen atoms in total. The van der Waals surface area contributed by atoms with Crippen LogP contribution in [0.1, 0.15) is 37.4 Å². The van der Waals surface area contributed by atoms with Crippen molar-refractivity contribution in [1.82, 2.24) is 9.80 Å². The van der Waals surface area contributed by atoms with Gasteiger partial charge in [-0.1, -0.05) is 23.7 Å². The quantitative estimate of drug-likeness (QED) is 0.926. The second-order valence-electron chi connectivity index (χ2n) is 6.50. The Morgan fingerprint density at radius 3 is 2.67 bits per heavy atom. The summed E-state index contributed by atoms with van der Waals surface area (Å²) < 4.78 is 0. The second kappa shape index (κ2) is 6.66. The molecule has 3 rings (SSSR count). The summed E-state index contributed by atoms with van der Waals surface area (Å²) in [6.07, 6.45) is 4.37. The van der Waals surface area contributed by atoms with Gasteiger partial charge in [-0.3, -0.25) is 4.90 Å². The third-order valence-electron chi connectivity index (χ3n) is 5.21. The number of benzene rings is 1. The van der Waals surface area contributed by atoms with Crippen molar-refractivity contribution < 1.29 is 5.11 Å². The van der Waals surface area contributed by atoms with Crippen LogP contribution in [0.25, 0.3) is 0 Å². The van der Waals surface area contributed by atoms with Crippen molar-refractivity contribution in [3.8, 4) is 0 Å². The van der Waals surface area contributed by atoms with Crippen LogP contribution >= 0.6 is 11.6 Å². The van der Waals surface area contributed by atoms with Crippen LogP contribution in [0.2, 0.25) is 5.02 Å². The molecule has 0 saturated carbocycles. The summed E-state index contributed by atoms with van der Waals surface area (Å²) in [6.45, 7) is 3.29. The molecule has 0 spiro atoms. The first-order valence-corrected chi connectivity index (χ1v) is 8.39. The van der Waals surface area contributed by atoms with Crippen LogP contribution in [0.5, 0.6) is 0 Å². The molecule has 0 aromatic heterocycles. The van der Waals surface area contributed by atoms with Gasteiger partial charge in [-0.2, -0.15) is 0 Å². The van der Waals surface area contributed by atoms with Crippen LogP contribution < -0.4 is 0 Å². The summed E-state index contributed by atoms with van der Waals surface area (Å²) in [4.78, 5) is 5.09. The van der Waals surface area contributed by atoms with Crippen LogP contribution in [-0.2, 0) is 0 Å². The van der Waals surface area contributed by atoms with Gasteiger partial charge in [0.25, 0.3) is 0 Å². The van der Waals surface area contributed by atoms with Crippen molar-refractivity contribution >= 4 is 11.6 Å². The number of likely N-dealkylation sites (tertiary alicyclic amines) is 1. The van der Waals surface area contributed by atoms with E-state index >= 15 is 0 Å². The van der Waals surface area contributed by atoms with Crippen LogP contribution in [0.15, 0.2) is 24.3 Å². The third kappa shape index (κ3) is 3.59. The van der Waals surface area contributed by atoms with Gasteiger partial charge in [0.1, 0.15) is 0 Å². The first-order chi connectivity index (χ1) is 10.1. The smallest absolute Gasteiger partial charge is 0.0802 e. The maximum Gasteiger partial charge on any atom is 0.0802 e. The molecule has 4 heteroatoms. The van der Waals surface area contributed by atoms with Crippen molar-refractivity contribution in [1.29, 1.82) is 0 Å². The Morgan fingerprint density at radius 1 is 1.19 bits per heavy atom. The first kappa shape index (κ1) is 15.3. The number of nitrogens with zero attached hydrogens (tertiary/aromatic N) is 2. The number of likely N-dealkylation sites (N-methyl/N-ethyl adjacent to an activating group) is 1. The fourth-order valence-electron chi connectivity index (χ4n) is 3.74. The van der Waals surface area contributed by atoms with Gasteiger partial charge in [0.05, 0.1) is 6.10 Å². The van der Waals surface area contributed by atoms with Crippen molar-refractivity contribution in [2.45, 2.75) is 43.9 Å². The van der Waals surface area contributed by atoms with Crippen LogP contribution in [0.3, 0.4) is 0 Å². The van der Waals surface area contributed by atoms with Gasteiger partial charge >= 0.3 is 0 Å². The Hall–Kier alpha value is -0.610. The summed E-state index contributed by atoms with van der Waals surface area (Å²) in [7, 11) is 2.27. The number of aliphatic hydroxyl groups is 1. The van der Waals surface area contributed by atoms with Crippen molar-refractivity contribution in [3.63, 3.8) is 0 Å². The lowest BCUT2D eigenvalue weighted by Gasteiger charge is -2.26. The van der Waals surface area contributed by atoms with Gasteiger partial charge in [0.2, 0.25) is 0 Å². The average Bonchev–Trinajstić information content (AvgIpc) is 2.72. The molecule has 0 amide bonds. The molecule has 0 radical (unpaired) electrons. The molecule has 2 bridgehead atoms. The summed E-state index contributed by atoms with van der Waals surface area (Å²) >= 11 is 5.89. The van der Waals surface area contributed by atoms with E-state index in [-0.39, 0.29) is 6.10 Å². The fraction of sp³-hybridized carbons (Fsp3) is 0.647. The molecule has 116 valence electrons. The van der Waals surface area contributed by atoms with Gasteiger partial charge < -0.3 is 10.0 Å². The predicted octanol–water partition coefficient (Wildman–Crippen LogP) is 2.93. The first-order valence-electron chi connectivity index (χ1n) is 8.01. The standard InChI is InChI=1S/C17H25ClN2O/c1-19-15-6-7-16(19)12-20(10-8-15)11-9-17(21)13-2-4-14(18)5-3-13/h2-5,15-17,21H,6-12H2,1H3. The van der Waals surface area contributed by atoms with Gasteiger partial charge in [0.15, 0.2) is 0 Å². The Labute approximate surface area is 132 Å². The lowest BCUT2D eigenvalue weighted by atomic mass is 10.1. The lowest BCUT2D eigenvalue weighted by molar-refractivity contribution is 0.137. The van der Waals surface area contributed by atoms with Crippen molar-refractivity contribution in [3.05, 3.63) is 34.9 Å². The van der Waals surface area contributed by atoms with Gasteiger partial charge in [-0.05, 0) is 57.0 Å². The maximum atomic E-state index is 10.3. The Bertz CT molecular complexity index is 464. The number of rotatable bonds is 4. The fourth-order valence-corrected chi connectivity index (χ4v) is 3.86. The van der Waals surface area contributed by atoms with Gasteiger partial charge in [0, 0.05) is 30.2 Å². The highest BCUT2D eigenvalue weighted by Gasteiger charge is 2.34. The molecule has 3 unspecified atom stereocenters. The molecule has 2 saturated heterocycles. The van der Waals surface area contributed by atoms with Crippen molar-refractivity contribution in [2.75, 3.05) is 26.7 Å². The topological polar surface area (TPSA) is 26.7 Å². The highest BCUT2D eigenvalue weighted by molar-refractivity contribution is 6.30. The molecule has 3 atom stereocenters. The molecule has 2 aliphatic rings. The lowest BCUT2D eigenvalue weighted by Crippen LogP contribution is -2.37. The number of fused-ring (bicyclic) bond motifs is 2. The van der Waals surface area contributed by atoms with Crippen molar-refractivity contribution in [2.24, 2.45) is 0 Å². The molecule has 2 aliphatic heterocycles. The molecule has 2 fully saturated rings. The Balaban J connectivity index is 1.52. The zero-order chi connectivity index (χ0) is 14.8. The maximum absolute atomic E-state index is 10.3. The van der Waals surface area contributed by atoms with Gasteiger partial charge in [-0.25, -0.2) is 0 Å². The molecular weight excluding hydrogens is 284 g/mol. The number of hydrogen-bond acceptors (Lipinski definition) is 3. The SMILES string of the molecule is CN1C2CCC1CN(CCC(O)c1ccc(Cl)cc1)CC2. The van der Waals surface area contributed by atoms with Crippen LogP contribution in [0.4, 0.5) is 0 Å². The number of halogens is 1. The molecule has 1 N–H and O–H groups in total. The molecular formula is C17H25ClN2O. The Kier molecular flexibility index (Phi) is 4.85. The average molecular weight is 309 g/mol. The minimum absolute atomic E-state index is 0.388. The molecule has 1 aromatic carbocycles. The third-order valence-corrected chi connectivity index (χ3v) is 5.46. The predicted molar refractivity (Wildman–Crippen MR) is 86.7 cm³/mol. The molecule has 2 heterocycles. The summed E-state index contributed by atoms with van der Waals surface area (Å²) in [5.41, 5.74) is 0.966. The minimum atomic E-state index is -0.388. The zero-order valence-corrected chi connectivity index (χ0v) is 13.5. The molecule has 0 aliphatic carbocycles. The van der Waals surface area contributed by atoms with E-state index in [9.17, 15) is 5.11 Å². The molecule has 1 aromatic rings. The zero-order valence-electron chi connectivity index (χ0n) is 12.7. The van der Waals surface area contributed by atoms with Crippen LogP contribution in [-0.4, -0.2) is 53.7 Å². The van der Waals surface area contributed by atoms with E-state index in [1.807, 2.05) is 24.3 Å². The van der Waals surface area contributed by atoms with Crippen LogP contribution in [0, 0.1) is 0 Å². The summed E-state index contributed by atoms with van der Waals surface area (Å²) in [6, 6.07) is 9.03. The van der Waals surface area contributed by atoms with E-state index in [0.717, 1.165) is 36.1 Å². The van der Waals surface area contributed by atoms with E-state index < -0.39 is 0 Å². The summed E-state index contributed by atoms with van der Waals surface area (Å²) in [5, 5.41) is 11.0. The monoisotopic (exact) mass is 308 g/mol. The molecule has 21 heavy (non-hydrogen) atoms. The van der Waals surface area contributed by atoms with E-state index in [1.165, 1.54) is 25.8 Å². The van der Waals surface area contributed by atoms with E-state index in [2.05, 4.69) is 16.8 Å². The minimum Gasteiger partial charge on any atom is -0.388 e. The largest absolute Gasteiger partial charge is 0.388 e. The summed E-state index contributed by atoms with van der Waals surface area (Å²) in [5.74, 6) is 0.